The van der Waals surface area contributed by atoms with E-state index in [1.165, 1.54) is 5.56 Å². The second kappa shape index (κ2) is 6.60. The van der Waals surface area contributed by atoms with Crippen LogP contribution in [0, 0.1) is 5.92 Å². The van der Waals surface area contributed by atoms with Crippen molar-refractivity contribution in [1.29, 1.82) is 0 Å². The molecular weight excluding hydrogens is 262 g/mol. The van der Waals surface area contributed by atoms with Crippen LogP contribution in [-0.4, -0.2) is 26.4 Å². The van der Waals surface area contributed by atoms with Crippen molar-refractivity contribution in [1.82, 2.24) is 5.32 Å². The van der Waals surface area contributed by atoms with Gasteiger partial charge < -0.3 is 14.8 Å². The first-order valence-electron chi connectivity index (χ1n) is 6.85. The second-order valence-electron chi connectivity index (χ2n) is 5.03. The Morgan fingerprint density at radius 3 is 2.89 bits per heavy atom. The zero-order chi connectivity index (χ0) is 13.8. The van der Waals surface area contributed by atoms with Gasteiger partial charge >= 0.3 is 0 Å². The van der Waals surface area contributed by atoms with Crippen molar-refractivity contribution in [2.75, 3.05) is 20.3 Å². The van der Waals surface area contributed by atoms with Crippen molar-refractivity contribution < 1.29 is 9.47 Å². The lowest BCUT2D eigenvalue weighted by atomic mass is 9.92. The Morgan fingerprint density at radius 2 is 2.32 bits per heavy atom. The van der Waals surface area contributed by atoms with Gasteiger partial charge in [-0.1, -0.05) is 31.5 Å². The number of ether oxygens (including phenoxy) is 2. The van der Waals surface area contributed by atoms with Gasteiger partial charge in [-0.2, -0.15) is 0 Å². The van der Waals surface area contributed by atoms with E-state index in [1.54, 1.807) is 7.11 Å². The van der Waals surface area contributed by atoms with Crippen LogP contribution in [-0.2, 0) is 4.74 Å². The predicted molar refractivity (Wildman–Crippen MR) is 77.9 cm³/mol. The summed E-state index contributed by atoms with van der Waals surface area (Å²) in [6.45, 7) is 6.11. The summed E-state index contributed by atoms with van der Waals surface area (Å²) in [5.41, 5.74) is 1.17. The normalized spacial score (nSPS) is 24.4. The fraction of sp³-hybridized carbons (Fsp3) is 0.600. The van der Waals surface area contributed by atoms with Crippen molar-refractivity contribution >= 4 is 11.6 Å². The maximum absolute atomic E-state index is 6.09. The third kappa shape index (κ3) is 3.22. The topological polar surface area (TPSA) is 30.5 Å². The van der Waals surface area contributed by atoms with E-state index in [0.29, 0.717) is 16.7 Å². The Kier molecular flexibility index (Phi) is 5.08. The van der Waals surface area contributed by atoms with Gasteiger partial charge in [-0.25, -0.2) is 0 Å². The molecule has 1 N–H and O–H groups in total. The number of rotatable bonds is 5. The lowest BCUT2D eigenvalue weighted by molar-refractivity contribution is 0.0611. The van der Waals surface area contributed by atoms with E-state index in [9.17, 15) is 0 Å². The van der Waals surface area contributed by atoms with Crippen LogP contribution in [0.3, 0.4) is 0 Å². The molecule has 3 unspecified atom stereocenters. The summed E-state index contributed by atoms with van der Waals surface area (Å²) in [5.74, 6) is 1.28. The molecule has 0 aromatic heterocycles. The van der Waals surface area contributed by atoms with Crippen molar-refractivity contribution in [3.63, 3.8) is 0 Å². The monoisotopic (exact) mass is 283 g/mol. The molecule has 3 nitrogen and oxygen atoms in total. The Balaban J connectivity index is 2.27. The third-order valence-electron chi connectivity index (χ3n) is 3.73. The van der Waals surface area contributed by atoms with Gasteiger partial charge in [0.25, 0.3) is 0 Å². The lowest BCUT2D eigenvalue weighted by Gasteiger charge is -2.27. The highest BCUT2D eigenvalue weighted by molar-refractivity contribution is 6.32. The van der Waals surface area contributed by atoms with Crippen LogP contribution in [0.5, 0.6) is 5.75 Å². The van der Waals surface area contributed by atoms with Gasteiger partial charge in [-0.15, -0.1) is 0 Å². The Morgan fingerprint density at radius 1 is 1.53 bits per heavy atom. The second-order valence-corrected chi connectivity index (χ2v) is 5.44. The molecule has 0 saturated carbocycles. The summed E-state index contributed by atoms with van der Waals surface area (Å²) < 4.78 is 11.2. The van der Waals surface area contributed by atoms with Gasteiger partial charge in [0.2, 0.25) is 0 Å². The summed E-state index contributed by atoms with van der Waals surface area (Å²) >= 11 is 6.09. The van der Waals surface area contributed by atoms with E-state index < -0.39 is 0 Å². The Labute approximate surface area is 120 Å². The molecule has 106 valence electrons. The maximum atomic E-state index is 6.09. The van der Waals surface area contributed by atoms with E-state index in [2.05, 4.69) is 19.2 Å². The van der Waals surface area contributed by atoms with Gasteiger partial charge in [0, 0.05) is 6.61 Å². The standard InChI is InChI=1S/C15H22ClNO2/c1-4-17-14(15-10(2)7-8-19-15)11-5-6-12(16)13(9-11)18-3/h5-6,9-10,14-15,17H,4,7-8H2,1-3H3. The van der Waals surface area contributed by atoms with Crippen LogP contribution in [0.4, 0.5) is 0 Å². The summed E-state index contributed by atoms with van der Waals surface area (Å²) in [4.78, 5) is 0. The van der Waals surface area contributed by atoms with Crippen LogP contribution in [0.15, 0.2) is 18.2 Å². The Bertz CT molecular complexity index is 425. The van der Waals surface area contributed by atoms with Crippen molar-refractivity contribution in [2.45, 2.75) is 32.4 Å². The first-order valence-corrected chi connectivity index (χ1v) is 7.23. The number of nitrogens with one attached hydrogen (secondary N) is 1. The highest BCUT2D eigenvalue weighted by Gasteiger charge is 2.32. The summed E-state index contributed by atoms with van der Waals surface area (Å²) in [7, 11) is 1.64. The van der Waals surface area contributed by atoms with Gasteiger partial charge in [0.05, 0.1) is 24.3 Å². The highest BCUT2D eigenvalue weighted by atomic mass is 35.5. The minimum Gasteiger partial charge on any atom is -0.495 e. The SMILES string of the molecule is CCNC(c1ccc(Cl)c(OC)c1)C1OCCC1C. The average Bonchev–Trinajstić information content (AvgIpc) is 2.83. The summed E-state index contributed by atoms with van der Waals surface area (Å²) in [5, 5.41) is 4.16. The van der Waals surface area contributed by atoms with Crippen LogP contribution in [0.1, 0.15) is 31.9 Å². The molecule has 0 bridgehead atoms. The Hall–Kier alpha value is -0.770. The maximum Gasteiger partial charge on any atom is 0.137 e. The predicted octanol–water partition coefficient (Wildman–Crippen LogP) is 3.42. The molecule has 19 heavy (non-hydrogen) atoms. The summed E-state index contributed by atoms with van der Waals surface area (Å²) in [6, 6.07) is 6.13. The van der Waals surface area contributed by atoms with Gasteiger partial charge in [0.15, 0.2) is 0 Å². The molecule has 0 radical (unpaired) electrons. The third-order valence-corrected chi connectivity index (χ3v) is 4.04. The molecule has 0 spiro atoms. The largest absolute Gasteiger partial charge is 0.495 e. The highest BCUT2D eigenvalue weighted by Crippen LogP contribution is 2.34. The van der Waals surface area contributed by atoms with E-state index >= 15 is 0 Å². The fourth-order valence-corrected chi connectivity index (χ4v) is 2.85. The number of hydrogen-bond acceptors (Lipinski definition) is 3. The molecule has 1 saturated heterocycles. The number of methoxy groups -OCH3 is 1. The minimum atomic E-state index is 0.189. The fourth-order valence-electron chi connectivity index (χ4n) is 2.66. The molecule has 1 heterocycles. The van der Waals surface area contributed by atoms with E-state index in [1.807, 2.05) is 18.2 Å². The number of likely N-dealkylation sites (N-methyl/N-ethyl adjacent to an activating group) is 1. The molecule has 2 rings (SSSR count). The van der Waals surface area contributed by atoms with Crippen molar-refractivity contribution in [3.05, 3.63) is 28.8 Å². The molecule has 0 amide bonds. The molecular formula is C15H22ClNO2. The number of halogens is 1. The van der Waals surface area contributed by atoms with Crippen molar-refractivity contribution in [2.24, 2.45) is 5.92 Å². The molecule has 1 aliphatic rings. The molecule has 1 aromatic rings. The van der Waals surface area contributed by atoms with Gasteiger partial charge in [-0.3, -0.25) is 0 Å². The first-order chi connectivity index (χ1) is 9.17. The first kappa shape index (κ1) is 14.6. The van der Waals surface area contributed by atoms with Crippen molar-refractivity contribution in [3.8, 4) is 5.75 Å². The average molecular weight is 284 g/mol. The zero-order valence-electron chi connectivity index (χ0n) is 11.8. The van der Waals surface area contributed by atoms with Gasteiger partial charge in [0.1, 0.15) is 5.75 Å². The van der Waals surface area contributed by atoms with E-state index in [0.717, 1.165) is 19.6 Å². The molecule has 4 heteroatoms. The van der Waals surface area contributed by atoms with E-state index in [4.69, 9.17) is 21.1 Å². The van der Waals surface area contributed by atoms with Crippen LogP contribution in [0.2, 0.25) is 5.02 Å². The van der Waals surface area contributed by atoms with Crippen LogP contribution in [0.25, 0.3) is 0 Å². The molecule has 0 aliphatic carbocycles. The number of hydrogen-bond donors (Lipinski definition) is 1. The van der Waals surface area contributed by atoms with Crippen LogP contribution < -0.4 is 10.1 Å². The quantitative estimate of drug-likeness (QED) is 0.898. The smallest absolute Gasteiger partial charge is 0.137 e. The molecule has 1 aliphatic heterocycles. The zero-order valence-corrected chi connectivity index (χ0v) is 12.5. The summed E-state index contributed by atoms with van der Waals surface area (Å²) in [6.07, 6.45) is 1.34. The van der Waals surface area contributed by atoms with Crippen LogP contribution >= 0.6 is 11.6 Å². The molecule has 3 atom stereocenters. The van der Waals surface area contributed by atoms with Gasteiger partial charge in [-0.05, 0) is 36.6 Å². The van der Waals surface area contributed by atoms with E-state index in [-0.39, 0.29) is 12.1 Å². The minimum absolute atomic E-state index is 0.189. The lowest BCUT2D eigenvalue weighted by Crippen LogP contribution is -2.34. The number of benzene rings is 1. The molecule has 1 fully saturated rings. The molecule has 1 aromatic carbocycles.